The summed E-state index contributed by atoms with van der Waals surface area (Å²) in [6.45, 7) is -0.204. The minimum absolute atomic E-state index is 0.204. The summed E-state index contributed by atoms with van der Waals surface area (Å²) in [6, 6.07) is 33.4. The molecule has 1 fully saturated rings. The van der Waals surface area contributed by atoms with Gasteiger partial charge in [-0.05, 0) is 48.5 Å². The molecule has 5 rings (SSSR count). The first-order valence-corrected chi connectivity index (χ1v) is 14.1. The molecule has 0 radical (unpaired) electrons. The molecule has 4 aromatic rings. The first-order valence-electron chi connectivity index (χ1n) is 13.2. The van der Waals surface area contributed by atoms with Crippen LogP contribution in [-0.2, 0) is 18.9 Å². The minimum Gasteiger partial charge on any atom is -0.461 e. The summed E-state index contributed by atoms with van der Waals surface area (Å²) in [7, 11) is 0. The molecule has 42 heavy (non-hydrogen) atoms. The molecule has 0 N–H and O–H groups in total. The maximum atomic E-state index is 13.2. The number of hydrogen-bond donors (Lipinski definition) is 0. The van der Waals surface area contributed by atoms with E-state index in [-0.39, 0.29) is 17.7 Å². The molecule has 0 saturated carbocycles. The number of carbonyl (C=O) groups is 4. The van der Waals surface area contributed by atoms with Crippen molar-refractivity contribution in [3.63, 3.8) is 0 Å². The Kier molecular flexibility index (Phi) is 9.30. The summed E-state index contributed by atoms with van der Waals surface area (Å²) in [5.41, 5.74) is 0.114. The molecule has 0 bridgehead atoms. The third-order valence-corrected chi connectivity index (χ3v) is 7.78. The minimum atomic E-state index is -1.21. The van der Waals surface area contributed by atoms with Crippen LogP contribution in [0.3, 0.4) is 0 Å². The molecule has 0 aromatic heterocycles. The number of hydrogen-bond acceptors (Lipinski definition) is 9. The Labute approximate surface area is 246 Å². The Hall–Kier alpha value is -4.89. The number of thioether (sulfide) groups is 1. The molecule has 1 heterocycles. The normalized spacial score (nSPS) is 19.3. The third-order valence-electron chi connectivity index (χ3n) is 6.39. The molecule has 1 aliphatic heterocycles. The van der Waals surface area contributed by atoms with Crippen LogP contribution in [0.25, 0.3) is 0 Å². The molecule has 1 aliphatic rings. The fourth-order valence-corrected chi connectivity index (χ4v) is 5.65. The second kappa shape index (κ2) is 13.6. The molecule has 0 amide bonds. The number of carbonyl (C=O) groups excluding carboxylic acids is 4. The van der Waals surface area contributed by atoms with Crippen molar-refractivity contribution in [1.82, 2.24) is 0 Å². The van der Waals surface area contributed by atoms with E-state index in [2.05, 4.69) is 0 Å². The summed E-state index contributed by atoms with van der Waals surface area (Å²) in [6.07, 6.45) is -2.32. The van der Waals surface area contributed by atoms with Gasteiger partial charge in [-0.1, -0.05) is 72.8 Å². The van der Waals surface area contributed by atoms with Crippen LogP contribution in [0.1, 0.15) is 41.4 Å². The van der Waals surface area contributed by atoms with Crippen molar-refractivity contribution in [2.45, 2.75) is 22.9 Å². The van der Waals surface area contributed by atoms with Gasteiger partial charge in [-0.2, -0.15) is 0 Å². The Balaban J connectivity index is 1.43. The average molecular weight is 583 g/mol. The van der Waals surface area contributed by atoms with E-state index in [9.17, 15) is 19.2 Å². The van der Waals surface area contributed by atoms with Crippen molar-refractivity contribution in [1.29, 1.82) is 0 Å². The monoisotopic (exact) mass is 582 g/mol. The van der Waals surface area contributed by atoms with Gasteiger partial charge in [-0.25, -0.2) is 19.2 Å². The van der Waals surface area contributed by atoms with Crippen LogP contribution in [-0.4, -0.2) is 53.4 Å². The van der Waals surface area contributed by atoms with E-state index in [0.717, 1.165) is 11.8 Å². The summed E-state index contributed by atoms with van der Waals surface area (Å²) in [5, 5.41) is -0.729. The Bertz CT molecular complexity index is 1510. The average Bonchev–Trinajstić information content (AvgIpc) is 3.35. The fraction of sp³-hybridized carbons (Fsp3) is 0.152. The van der Waals surface area contributed by atoms with E-state index in [4.69, 9.17) is 18.9 Å². The van der Waals surface area contributed by atoms with Crippen molar-refractivity contribution in [3.8, 4) is 0 Å². The summed E-state index contributed by atoms with van der Waals surface area (Å²) in [4.78, 5) is 52.1. The predicted molar refractivity (Wildman–Crippen MR) is 155 cm³/mol. The predicted octanol–water partition coefficient (Wildman–Crippen LogP) is 5.59. The van der Waals surface area contributed by atoms with E-state index < -0.39 is 46.8 Å². The lowest BCUT2D eigenvalue weighted by Gasteiger charge is -2.25. The zero-order chi connectivity index (χ0) is 29.3. The van der Waals surface area contributed by atoms with Gasteiger partial charge < -0.3 is 18.9 Å². The summed E-state index contributed by atoms with van der Waals surface area (Å²) in [5.74, 6) is -2.59. The molecular weight excluding hydrogens is 556 g/mol. The lowest BCUT2D eigenvalue weighted by atomic mass is 10.1. The highest BCUT2D eigenvalue weighted by Crippen LogP contribution is 2.40. The fourth-order valence-electron chi connectivity index (χ4n) is 4.28. The molecule has 8 nitrogen and oxygen atoms in total. The van der Waals surface area contributed by atoms with Crippen LogP contribution in [0.4, 0.5) is 0 Å². The van der Waals surface area contributed by atoms with Crippen molar-refractivity contribution in [3.05, 3.63) is 144 Å². The van der Waals surface area contributed by atoms with Crippen LogP contribution in [0.15, 0.2) is 121 Å². The Morgan fingerprint density at radius 1 is 0.476 bits per heavy atom. The lowest BCUT2D eigenvalue weighted by molar-refractivity contribution is -0.0607. The van der Waals surface area contributed by atoms with Gasteiger partial charge in [0, 0.05) is 0 Å². The molecule has 4 atom stereocenters. The van der Waals surface area contributed by atoms with Gasteiger partial charge >= 0.3 is 23.9 Å². The molecule has 4 aromatic carbocycles. The highest BCUT2D eigenvalue weighted by atomic mass is 32.2. The summed E-state index contributed by atoms with van der Waals surface area (Å²) >= 11 is 1.09. The van der Waals surface area contributed by atoms with Crippen molar-refractivity contribution < 1.29 is 38.1 Å². The number of esters is 4. The zero-order valence-electron chi connectivity index (χ0n) is 22.2. The van der Waals surface area contributed by atoms with Gasteiger partial charge in [0.15, 0.2) is 17.6 Å². The second-order valence-corrected chi connectivity index (χ2v) is 10.6. The Morgan fingerprint density at radius 3 is 1.26 bits per heavy atom. The van der Waals surface area contributed by atoms with E-state index in [1.54, 1.807) is 121 Å². The lowest BCUT2D eigenvalue weighted by Crippen LogP contribution is -2.42. The number of rotatable bonds is 9. The number of benzene rings is 4. The second-order valence-electron chi connectivity index (χ2n) is 9.25. The van der Waals surface area contributed by atoms with Crippen LogP contribution in [0.2, 0.25) is 0 Å². The molecule has 212 valence electrons. The van der Waals surface area contributed by atoms with Gasteiger partial charge in [0.25, 0.3) is 0 Å². The molecule has 1 saturated heterocycles. The molecule has 0 spiro atoms. The van der Waals surface area contributed by atoms with E-state index in [1.807, 2.05) is 0 Å². The smallest absolute Gasteiger partial charge is 0.339 e. The maximum Gasteiger partial charge on any atom is 0.339 e. The molecule has 9 heteroatoms. The highest BCUT2D eigenvalue weighted by molar-refractivity contribution is 8.00. The first-order chi connectivity index (χ1) is 20.5. The third kappa shape index (κ3) is 7.05. The van der Waals surface area contributed by atoms with Crippen LogP contribution < -0.4 is 0 Å². The van der Waals surface area contributed by atoms with Crippen molar-refractivity contribution >= 4 is 35.6 Å². The zero-order valence-corrected chi connectivity index (χ0v) is 23.1. The molecular formula is C33H26O8S. The molecule has 1 unspecified atom stereocenters. The topological polar surface area (TPSA) is 105 Å². The number of ether oxygens (including phenoxy) is 4. The van der Waals surface area contributed by atoms with E-state index in [0.29, 0.717) is 11.1 Å². The maximum absolute atomic E-state index is 13.2. The quantitative estimate of drug-likeness (QED) is 0.184. The molecule has 0 aliphatic carbocycles. The van der Waals surface area contributed by atoms with Gasteiger partial charge in [-0.3, -0.25) is 0 Å². The summed E-state index contributed by atoms with van der Waals surface area (Å²) < 4.78 is 23.1. The Morgan fingerprint density at radius 2 is 0.833 bits per heavy atom. The van der Waals surface area contributed by atoms with Gasteiger partial charge in [-0.15, -0.1) is 11.8 Å². The standard InChI is InChI=1S/C33H26O8S/c34-29(22-13-5-1-6-14-22)38-21-26-27(39-30(35)23-15-7-2-8-16-23)28(40-31(36)24-17-9-3-10-18-24)33(42-26)41-32(37)25-19-11-4-12-20-25/h1-20,26-28,33H,21H2/t26-,27-,28-,33?/m1/s1. The van der Waals surface area contributed by atoms with Gasteiger partial charge in [0.05, 0.1) is 27.5 Å². The largest absolute Gasteiger partial charge is 0.461 e. The van der Waals surface area contributed by atoms with E-state index >= 15 is 0 Å². The van der Waals surface area contributed by atoms with Crippen LogP contribution in [0, 0.1) is 0 Å². The van der Waals surface area contributed by atoms with Crippen LogP contribution >= 0.6 is 11.8 Å². The SMILES string of the molecule is O=C(OC[C@H]1SC(OC(=O)c2ccccc2)[C@H](OC(=O)c2ccccc2)[C@@H]1OC(=O)c1ccccc1)c1ccccc1. The van der Waals surface area contributed by atoms with Gasteiger partial charge in [0.1, 0.15) is 6.61 Å². The van der Waals surface area contributed by atoms with Crippen molar-refractivity contribution in [2.75, 3.05) is 6.61 Å². The van der Waals surface area contributed by atoms with Crippen LogP contribution in [0.5, 0.6) is 0 Å². The highest BCUT2D eigenvalue weighted by Gasteiger charge is 2.52. The van der Waals surface area contributed by atoms with Crippen molar-refractivity contribution in [2.24, 2.45) is 0 Å². The van der Waals surface area contributed by atoms with Gasteiger partial charge in [0.2, 0.25) is 0 Å². The van der Waals surface area contributed by atoms with E-state index in [1.165, 1.54) is 0 Å². The first kappa shape index (κ1) is 28.6.